The number of rotatable bonds is 5. The average molecular weight is 430 g/mol. The van der Waals surface area contributed by atoms with E-state index >= 15 is 0 Å². The summed E-state index contributed by atoms with van der Waals surface area (Å²) in [6.45, 7) is 4.34. The van der Waals surface area contributed by atoms with Crippen LogP contribution in [0.1, 0.15) is 44.1 Å². The summed E-state index contributed by atoms with van der Waals surface area (Å²) in [6.07, 6.45) is 2.67. The predicted octanol–water partition coefficient (Wildman–Crippen LogP) is 3.65. The number of nitrogens with zero attached hydrogens (tertiary/aromatic N) is 3. The lowest BCUT2D eigenvalue weighted by Crippen LogP contribution is -2.51. The van der Waals surface area contributed by atoms with E-state index in [-0.39, 0.29) is 17.9 Å². The van der Waals surface area contributed by atoms with Crippen molar-refractivity contribution in [3.8, 4) is 17.3 Å². The molecule has 158 valence electrons. The first-order valence-electron chi connectivity index (χ1n) is 9.75. The van der Waals surface area contributed by atoms with Crippen molar-refractivity contribution in [2.75, 3.05) is 13.7 Å². The number of carbonyl (C=O) groups excluding carboxylic acids is 2. The van der Waals surface area contributed by atoms with Gasteiger partial charge in [-0.05, 0) is 30.9 Å². The molecule has 0 radical (unpaired) electrons. The van der Waals surface area contributed by atoms with E-state index in [0.29, 0.717) is 23.0 Å². The highest BCUT2D eigenvalue weighted by molar-refractivity contribution is 6.31. The lowest BCUT2D eigenvalue weighted by atomic mass is 10.0. The summed E-state index contributed by atoms with van der Waals surface area (Å²) in [4.78, 5) is 34.4. The summed E-state index contributed by atoms with van der Waals surface area (Å²) < 4.78 is 4.66. The molecule has 1 aliphatic heterocycles. The molecule has 1 aromatic heterocycles. The Morgan fingerprint density at radius 2 is 2.20 bits per heavy atom. The summed E-state index contributed by atoms with van der Waals surface area (Å²) in [5.41, 5.74) is 1.92. The van der Waals surface area contributed by atoms with Gasteiger partial charge in [0.25, 0.3) is 0 Å². The number of alkyl carbamates (subject to hydrolysis) is 1. The van der Waals surface area contributed by atoms with Crippen LogP contribution in [0.5, 0.6) is 0 Å². The zero-order chi connectivity index (χ0) is 21.8. The predicted molar refractivity (Wildman–Crippen MR) is 112 cm³/mol. The number of aromatic amines is 1. The number of likely N-dealkylation sites (tertiary alicyclic amines) is 1. The first kappa shape index (κ1) is 21.7. The van der Waals surface area contributed by atoms with E-state index in [1.54, 1.807) is 23.2 Å². The Labute approximate surface area is 180 Å². The number of benzene rings is 1. The lowest BCUT2D eigenvalue weighted by Gasteiger charge is -2.30. The Bertz CT molecular complexity index is 981. The number of ether oxygens (including phenoxy) is 1. The molecular formula is C21H24ClN5O3. The maximum Gasteiger partial charge on any atom is 0.407 e. The maximum atomic E-state index is 13.2. The van der Waals surface area contributed by atoms with Crippen LogP contribution in [-0.4, -0.2) is 46.6 Å². The molecule has 2 N–H and O–H groups in total. The molecule has 1 aromatic carbocycles. The third-order valence-electron chi connectivity index (χ3n) is 5.24. The summed E-state index contributed by atoms with van der Waals surface area (Å²) in [5.74, 6) is 0.419. The Hall–Kier alpha value is -3.05. The van der Waals surface area contributed by atoms with E-state index < -0.39 is 12.1 Å². The monoisotopic (exact) mass is 429 g/mol. The second-order valence-electron chi connectivity index (χ2n) is 7.54. The number of hydrogen-bond acceptors (Lipinski definition) is 5. The normalized spacial score (nSPS) is 16.9. The zero-order valence-electron chi connectivity index (χ0n) is 17.1. The number of nitriles is 1. The molecule has 3 rings (SSSR count). The Morgan fingerprint density at radius 1 is 1.43 bits per heavy atom. The van der Waals surface area contributed by atoms with Crippen LogP contribution >= 0.6 is 11.6 Å². The first-order chi connectivity index (χ1) is 14.3. The van der Waals surface area contributed by atoms with Crippen LogP contribution in [0.3, 0.4) is 0 Å². The van der Waals surface area contributed by atoms with E-state index in [1.807, 2.05) is 19.9 Å². The van der Waals surface area contributed by atoms with Crippen molar-refractivity contribution < 1.29 is 14.3 Å². The molecule has 2 amide bonds. The fraction of sp³-hybridized carbons (Fsp3) is 0.429. The van der Waals surface area contributed by atoms with Crippen molar-refractivity contribution in [1.82, 2.24) is 20.2 Å². The Balaban J connectivity index is 1.83. The minimum atomic E-state index is -0.679. The van der Waals surface area contributed by atoms with Gasteiger partial charge >= 0.3 is 6.09 Å². The van der Waals surface area contributed by atoms with Gasteiger partial charge in [0, 0.05) is 12.1 Å². The molecule has 2 heterocycles. The molecule has 1 fully saturated rings. The molecule has 8 nitrogen and oxygen atoms in total. The summed E-state index contributed by atoms with van der Waals surface area (Å²) in [6, 6.07) is 6.36. The number of halogens is 1. The zero-order valence-corrected chi connectivity index (χ0v) is 17.9. The molecule has 2 atom stereocenters. The average Bonchev–Trinajstić information content (AvgIpc) is 3.40. The van der Waals surface area contributed by atoms with E-state index in [4.69, 9.17) is 11.6 Å². The van der Waals surface area contributed by atoms with E-state index in [2.05, 4.69) is 26.1 Å². The van der Waals surface area contributed by atoms with Gasteiger partial charge < -0.3 is 19.9 Å². The van der Waals surface area contributed by atoms with Crippen molar-refractivity contribution in [3.63, 3.8) is 0 Å². The van der Waals surface area contributed by atoms with Gasteiger partial charge in [0.1, 0.15) is 17.9 Å². The maximum absolute atomic E-state index is 13.2. The third-order valence-corrected chi connectivity index (χ3v) is 5.57. The van der Waals surface area contributed by atoms with Crippen molar-refractivity contribution >= 4 is 23.6 Å². The molecule has 1 unspecified atom stereocenters. The summed E-state index contributed by atoms with van der Waals surface area (Å²) >= 11 is 6.02. The van der Waals surface area contributed by atoms with Crippen molar-refractivity contribution in [3.05, 3.63) is 40.8 Å². The SMILES string of the molecule is COC(=O)N[C@H](C(=O)N1CCCC1c1ncc(-c2ccc(Cl)c(C#N)c2)[nH]1)C(C)C. The van der Waals surface area contributed by atoms with E-state index in [9.17, 15) is 14.9 Å². The van der Waals surface area contributed by atoms with Gasteiger partial charge in [0.2, 0.25) is 5.91 Å². The van der Waals surface area contributed by atoms with Crippen LogP contribution in [0.15, 0.2) is 24.4 Å². The molecule has 9 heteroatoms. The van der Waals surface area contributed by atoms with Gasteiger partial charge in [-0.3, -0.25) is 4.79 Å². The van der Waals surface area contributed by atoms with Gasteiger partial charge in [0.15, 0.2) is 0 Å². The molecular weight excluding hydrogens is 406 g/mol. The number of aromatic nitrogens is 2. The molecule has 0 saturated carbocycles. The topological polar surface area (TPSA) is 111 Å². The quantitative estimate of drug-likeness (QED) is 0.753. The molecule has 0 aliphatic carbocycles. The van der Waals surface area contributed by atoms with Crippen LogP contribution in [0.4, 0.5) is 4.79 Å². The van der Waals surface area contributed by atoms with Crippen molar-refractivity contribution in [2.45, 2.75) is 38.8 Å². The van der Waals surface area contributed by atoms with Gasteiger partial charge in [-0.2, -0.15) is 5.26 Å². The molecule has 2 aromatic rings. The van der Waals surface area contributed by atoms with Gasteiger partial charge in [-0.25, -0.2) is 9.78 Å². The molecule has 1 aliphatic rings. The number of methoxy groups -OCH3 is 1. The van der Waals surface area contributed by atoms with Crippen molar-refractivity contribution in [1.29, 1.82) is 5.26 Å². The summed E-state index contributed by atoms with van der Waals surface area (Å²) in [5, 5.41) is 12.2. The van der Waals surface area contributed by atoms with Crippen LogP contribution in [0.25, 0.3) is 11.3 Å². The Morgan fingerprint density at radius 3 is 2.87 bits per heavy atom. The van der Waals surface area contributed by atoms with Gasteiger partial charge in [0.05, 0.1) is 35.6 Å². The van der Waals surface area contributed by atoms with Gasteiger partial charge in [-0.15, -0.1) is 0 Å². The molecule has 0 spiro atoms. The second-order valence-corrected chi connectivity index (χ2v) is 7.94. The molecule has 1 saturated heterocycles. The smallest absolute Gasteiger partial charge is 0.407 e. The number of amides is 2. The minimum absolute atomic E-state index is 0.0940. The fourth-order valence-electron chi connectivity index (χ4n) is 3.62. The van der Waals surface area contributed by atoms with Crippen molar-refractivity contribution in [2.24, 2.45) is 5.92 Å². The van der Waals surface area contributed by atoms with Crippen LogP contribution in [0, 0.1) is 17.2 Å². The van der Waals surface area contributed by atoms with E-state index in [1.165, 1.54) is 7.11 Å². The summed E-state index contributed by atoms with van der Waals surface area (Å²) in [7, 11) is 1.27. The largest absolute Gasteiger partial charge is 0.453 e. The molecule has 30 heavy (non-hydrogen) atoms. The Kier molecular flexibility index (Phi) is 6.63. The number of imidazole rings is 1. The highest BCUT2D eigenvalue weighted by Gasteiger charge is 2.37. The minimum Gasteiger partial charge on any atom is -0.453 e. The lowest BCUT2D eigenvalue weighted by molar-refractivity contribution is -0.135. The highest BCUT2D eigenvalue weighted by atomic mass is 35.5. The molecule has 0 bridgehead atoms. The standard InChI is InChI=1S/C21H24ClN5O3/c1-12(2)18(26-21(29)30-3)20(28)27-8-4-5-17(27)19-24-11-16(25-19)13-6-7-15(22)14(9-13)10-23/h6-7,9,11-12,17-18H,4-5,8H2,1-3H3,(H,24,25)(H,26,29)/t17?,18-/m0/s1. The van der Waals surface area contributed by atoms with Crippen LogP contribution < -0.4 is 5.32 Å². The fourth-order valence-corrected chi connectivity index (χ4v) is 3.78. The number of H-pyrrole nitrogens is 1. The van der Waals surface area contributed by atoms with E-state index in [0.717, 1.165) is 24.1 Å². The number of carbonyl (C=O) groups is 2. The highest BCUT2D eigenvalue weighted by Crippen LogP contribution is 2.33. The first-order valence-corrected chi connectivity index (χ1v) is 10.1. The van der Waals surface area contributed by atoms with Crippen LogP contribution in [-0.2, 0) is 9.53 Å². The van der Waals surface area contributed by atoms with Crippen LogP contribution in [0.2, 0.25) is 5.02 Å². The second kappa shape index (κ2) is 9.18. The number of hydrogen-bond donors (Lipinski definition) is 2. The third kappa shape index (κ3) is 4.41. The van der Waals surface area contributed by atoms with Gasteiger partial charge in [-0.1, -0.05) is 31.5 Å². The number of nitrogens with one attached hydrogen (secondary N) is 2.